The van der Waals surface area contributed by atoms with Crippen LogP contribution in [-0.4, -0.2) is 47.9 Å². The number of carboxylic acids is 1. The Kier molecular flexibility index (Phi) is 5.42. The normalized spacial score (nSPS) is 22.0. The maximum absolute atomic E-state index is 12.9. The Labute approximate surface area is 170 Å². The van der Waals surface area contributed by atoms with Gasteiger partial charge in [-0.2, -0.15) is 0 Å². The van der Waals surface area contributed by atoms with Gasteiger partial charge in [-0.25, -0.2) is 0 Å². The number of carboxylic acid groups (broad SMARTS) is 1. The number of rotatable bonds is 5. The molecule has 0 unspecified atom stereocenters. The van der Waals surface area contributed by atoms with Gasteiger partial charge in [-0.05, 0) is 36.5 Å². The fourth-order valence-corrected chi connectivity index (χ4v) is 4.97. The standard InChI is InChI=1S/C22H29NO6/c1-27-17-4-5-18-16(12-17)15-28-22(29-18)8-10-23(11-9-22)19(24)13-21(14-20(25)26)6-2-3-7-21/h4-5,12H,2-3,6-11,13-15H2,1H3,(H,25,26). The highest BCUT2D eigenvalue weighted by Gasteiger charge is 2.44. The van der Waals surface area contributed by atoms with Gasteiger partial charge >= 0.3 is 5.97 Å². The summed E-state index contributed by atoms with van der Waals surface area (Å²) >= 11 is 0. The zero-order valence-electron chi connectivity index (χ0n) is 16.9. The Hall–Kier alpha value is -2.28. The Morgan fingerprint density at radius 2 is 1.86 bits per heavy atom. The topological polar surface area (TPSA) is 85.3 Å². The van der Waals surface area contributed by atoms with Gasteiger partial charge in [0.15, 0.2) is 0 Å². The van der Waals surface area contributed by atoms with Crippen LogP contribution in [0.1, 0.15) is 56.9 Å². The largest absolute Gasteiger partial charge is 0.497 e. The average molecular weight is 403 g/mol. The summed E-state index contributed by atoms with van der Waals surface area (Å²) in [5.74, 6) is 0.142. The predicted octanol–water partition coefficient (Wildman–Crippen LogP) is 3.35. The van der Waals surface area contributed by atoms with Gasteiger partial charge in [-0.15, -0.1) is 0 Å². The number of hydrogen-bond donors (Lipinski definition) is 1. The van der Waals surface area contributed by atoms with Crippen LogP contribution in [0.4, 0.5) is 0 Å². The average Bonchev–Trinajstić information content (AvgIpc) is 3.15. The van der Waals surface area contributed by atoms with Crippen LogP contribution in [0, 0.1) is 5.41 Å². The second kappa shape index (κ2) is 7.86. The maximum Gasteiger partial charge on any atom is 0.303 e. The number of aliphatic carboxylic acids is 1. The van der Waals surface area contributed by atoms with Crippen molar-refractivity contribution in [2.45, 2.75) is 63.8 Å². The lowest BCUT2D eigenvalue weighted by Gasteiger charge is -2.44. The van der Waals surface area contributed by atoms with Crippen LogP contribution in [0.5, 0.6) is 11.5 Å². The number of carbonyl (C=O) groups is 2. The molecule has 0 aromatic heterocycles. The van der Waals surface area contributed by atoms with Crippen molar-refractivity contribution >= 4 is 11.9 Å². The molecule has 0 radical (unpaired) electrons. The van der Waals surface area contributed by atoms with Crippen molar-refractivity contribution in [2.75, 3.05) is 20.2 Å². The van der Waals surface area contributed by atoms with E-state index in [1.165, 1.54) is 0 Å². The van der Waals surface area contributed by atoms with Crippen LogP contribution >= 0.6 is 0 Å². The quantitative estimate of drug-likeness (QED) is 0.812. The number of hydrogen-bond acceptors (Lipinski definition) is 5. The number of benzene rings is 1. The van der Waals surface area contributed by atoms with Gasteiger partial charge in [-0.3, -0.25) is 9.59 Å². The lowest BCUT2D eigenvalue weighted by molar-refractivity contribution is -0.227. The molecule has 3 aliphatic rings. The van der Waals surface area contributed by atoms with Crippen LogP contribution in [0.15, 0.2) is 18.2 Å². The molecule has 7 heteroatoms. The molecule has 1 aromatic carbocycles. The highest BCUT2D eigenvalue weighted by atomic mass is 16.7. The lowest BCUT2D eigenvalue weighted by atomic mass is 9.79. The van der Waals surface area contributed by atoms with Gasteiger partial charge < -0.3 is 24.2 Å². The minimum Gasteiger partial charge on any atom is -0.497 e. The van der Waals surface area contributed by atoms with Gasteiger partial charge in [0.05, 0.1) is 20.1 Å². The van der Waals surface area contributed by atoms with E-state index in [1.807, 2.05) is 23.1 Å². The summed E-state index contributed by atoms with van der Waals surface area (Å²) in [6, 6.07) is 5.70. The number of piperidine rings is 1. The Morgan fingerprint density at radius 3 is 2.52 bits per heavy atom. The number of methoxy groups -OCH3 is 1. The molecular weight excluding hydrogens is 374 g/mol. The first kappa shape index (κ1) is 20.0. The smallest absolute Gasteiger partial charge is 0.303 e. The van der Waals surface area contributed by atoms with Crippen molar-refractivity contribution < 1.29 is 28.9 Å². The lowest BCUT2D eigenvalue weighted by Crippen LogP contribution is -2.53. The maximum atomic E-state index is 12.9. The molecule has 1 amide bonds. The third-order valence-electron chi connectivity index (χ3n) is 6.65. The van der Waals surface area contributed by atoms with E-state index < -0.39 is 11.8 Å². The molecule has 2 aliphatic heterocycles. The van der Waals surface area contributed by atoms with E-state index in [1.54, 1.807) is 7.11 Å². The Bertz CT molecular complexity index is 778. The molecular formula is C22H29NO6. The number of fused-ring (bicyclic) bond motifs is 1. The molecule has 1 aliphatic carbocycles. The SMILES string of the molecule is COc1ccc2c(c1)COC1(CCN(C(=O)CC3(CC(=O)O)CCCC3)CC1)O2. The Morgan fingerprint density at radius 1 is 1.14 bits per heavy atom. The number of amides is 1. The second-order valence-corrected chi connectivity index (χ2v) is 8.61. The van der Waals surface area contributed by atoms with Crippen molar-refractivity contribution in [3.8, 4) is 11.5 Å². The Balaban J connectivity index is 1.36. The summed E-state index contributed by atoms with van der Waals surface area (Å²) < 4.78 is 17.5. The summed E-state index contributed by atoms with van der Waals surface area (Å²) in [6.07, 6.45) is 5.31. The second-order valence-electron chi connectivity index (χ2n) is 8.61. The minimum atomic E-state index is -0.809. The number of likely N-dealkylation sites (tertiary alicyclic amines) is 1. The van der Waals surface area contributed by atoms with Gasteiger partial charge in [-0.1, -0.05) is 12.8 Å². The molecule has 1 saturated carbocycles. The molecule has 1 N–H and O–H groups in total. The van der Waals surface area contributed by atoms with Crippen molar-refractivity contribution in [1.29, 1.82) is 0 Å². The van der Waals surface area contributed by atoms with Crippen molar-refractivity contribution in [1.82, 2.24) is 4.90 Å². The fourth-order valence-electron chi connectivity index (χ4n) is 4.97. The third-order valence-corrected chi connectivity index (χ3v) is 6.65. The molecule has 4 rings (SSSR count). The zero-order valence-corrected chi connectivity index (χ0v) is 16.9. The molecule has 1 saturated heterocycles. The van der Waals surface area contributed by atoms with Crippen LogP contribution in [0.25, 0.3) is 0 Å². The number of nitrogens with zero attached hydrogens (tertiary/aromatic N) is 1. The summed E-state index contributed by atoms with van der Waals surface area (Å²) in [4.78, 5) is 26.1. The van der Waals surface area contributed by atoms with E-state index in [0.29, 0.717) is 39.0 Å². The van der Waals surface area contributed by atoms with Crippen molar-refractivity contribution in [3.63, 3.8) is 0 Å². The highest BCUT2D eigenvalue weighted by molar-refractivity contribution is 5.78. The van der Waals surface area contributed by atoms with Crippen LogP contribution in [0.2, 0.25) is 0 Å². The van der Waals surface area contributed by atoms with Crippen LogP contribution < -0.4 is 9.47 Å². The molecule has 29 heavy (non-hydrogen) atoms. The highest BCUT2D eigenvalue weighted by Crippen LogP contribution is 2.45. The van der Waals surface area contributed by atoms with Gasteiger partial charge in [0, 0.05) is 37.9 Å². The molecule has 1 spiro atoms. The molecule has 7 nitrogen and oxygen atoms in total. The molecule has 2 fully saturated rings. The molecule has 158 valence electrons. The summed E-state index contributed by atoms with van der Waals surface area (Å²) in [6.45, 7) is 1.59. The summed E-state index contributed by atoms with van der Waals surface area (Å²) in [5, 5.41) is 9.28. The first-order chi connectivity index (χ1) is 13.9. The number of ether oxygens (including phenoxy) is 3. The van der Waals surface area contributed by atoms with Gasteiger partial charge in [0.25, 0.3) is 0 Å². The van der Waals surface area contributed by atoms with Crippen LogP contribution in [-0.2, 0) is 20.9 Å². The number of carbonyl (C=O) groups excluding carboxylic acids is 1. The van der Waals surface area contributed by atoms with E-state index in [4.69, 9.17) is 14.2 Å². The van der Waals surface area contributed by atoms with Gasteiger partial charge in [0.2, 0.25) is 11.7 Å². The van der Waals surface area contributed by atoms with E-state index in [9.17, 15) is 14.7 Å². The monoisotopic (exact) mass is 403 g/mol. The molecule has 1 aromatic rings. The fraction of sp³-hybridized carbons (Fsp3) is 0.636. The first-order valence-corrected chi connectivity index (χ1v) is 10.4. The van der Waals surface area contributed by atoms with Crippen molar-refractivity contribution in [3.05, 3.63) is 23.8 Å². The predicted molar refractivity (Wildman–Crippen MR) is 105 cm³/mol. The van der Waals surface area contributed by atoms with E-state index in [2.05, 4.69) is 0 Å². The summed E-state index contributed by atoms with van der Waals surface area (Å²) in [7, 11) is 1.63. The molecule has 0 atom stereocenters. The van der Waals surface area contributed by atoms with Crippen LogP contribution in [0.3, 0.4) is 0 Å². The van der Waals surface area contributed by atoms with E-state index >= 15 is 0 Å². The first-order valence-electron chi connectivity index (χ1n) is 10.4. The van der Waals surface area contributed by atoms with E-state index in [0.717, 1.165) is 42.7 Å². The van der Waals surface area contributed by atoms with E-state index in [-0.39, 0.29) is 17.7 Å². The molecule has 0 bridgehead atoms. The zero-order chi connectivity index (χ0) is 20.5. The van der Waals surface area contributed by atoms with Gasteiger partial charge in [0.1, 0.15) is 11.5 Å². The summed E-state index contributed by atoms with van der Waals surface area (Å²) in [5.41, 5.74) is 0.596. The third kappa shape index (κ3) is 4.20. The minimum absolute atomic E-state index is 0.0592. The van der Waals surface area contributed by atoms with Crippen molar-refractivity contribution in [2.24, 2.45) is 5.41 Å². The molecule has 2 heterocycles.